The van der Waals surface area contributed by atoms with E-state index in [9.17, 15) is 9.18 Å². The standard InChI is InChI=1S/C17H19FN4O2/c1-17(16(23)20-7-4-9-22-10-8-19-12-22)11-15(21-24-17)13-5-2-3-6-14(13)18/h2-3,5-6,8,10,12H,4,7,9,11H2,1H3,(H,20,23). The Balaban J connectivity index is 1.51. The fourth-order valence-corrected chi connectivity index (χ4v) is 2.57. The lowest BCUT2D eigenvalue weighted by Crippen LogP contribution is -2.45. The first-order chi connectivity index (χ1) is 11.6. The topological polar surface area (TPSA) is 68.5 Å². The SMILES string of the molecule is CC1(C(=O)NCCCn2ccnc2)CC(c2ccccc2F)=NO1. The van der Waals surface area contributed by atoms with Crippen molar-refractivity contribution >= 4 is 11.6 Å². The highest BCUT2D eigenvalue weighted by Crippen LogP contribution is 2.27. The summed E-state index contributed by atoms with van der Waals surface area (Å²) < 4.78 is 15.8. The molecule has 0 fully saturated rings. The summed E-state index contributed by atoms with van der Waals surface area (Å²) in [6.45, 7) is 2.95. The average molecular weight is 330 g/mol. The molecule has 1 atom stereocenters. The van der Waals surface area contributed by atoms with Gasteiger partial charge in [0.05, 0.1) is 12.0 Å². The Hall–Kier alpha value is -2.70. The van der Waals surface area contributed by atoms with Crippen LogP contribution in [0.4, 0.5) is 4.39 Å². The second-order valence-electron chi connectivity index (χ2n) is 5.93. The van der Waals surface area contributed by atoms with Gasteiger partial charge in [-0.2, -0.15) is 0 Å². The highest BCUT2D eigenvalue weighted by atomic mass is 19.1. The summed E-state index contributed by atoms with van der Waals surface area (Å²) in [5.74, 6) is -0.618. The summed E-state index contributed by atoms with van der Waals surface area (Å²) in [5, 5.41) is 6.76. The van der Waals surface area contributed by atoms with E-state index in [1.165, 1.54) is 6.07 Å². The van der Waals surface area contributed by atoms with Gasteiger partial charge in [0.25, 0.3) is 5.91 Å². The highest BCUT2D eigenvalue weighted by molar-refractivity contribution is 6.05. The molecule has 3 rings (SSSR count). The van der Waals surface area contributed by atoms with Crippen molar-refractivity contribution in [3.05, 3.63) is 54.4 Å². The molecule has 7 heteroatoms. The van der Waals surface area contributed by atoms with Crippen LogP contribution in [0, 0.1) is 5.82 Å². The maximum Gasteiger partial charge on any atom is 0.267 e. The Bertz CT molecular complexity index is 745. The first kappa shape index (κ1) is 16.2. The molecule has 24 heavy (non-hydrogen) atoms. The highest BCUT2D eigenvalue weighted by Gasteiger charge is 2.42. The molecule has 1 amide bonds. The Morgan fingerprint density at radius 2 is 2.29 bits per heavy atom. The third-order valence-corrected chi connectivity index (χ3v) is 3.97. The monoisotopic (exact) mass is 330 g/mol. The molecule has 0 aliphatic carbocycles. The number of carbonyl (C=O) groups excluding carboxylic acids is 1. The molecule has 0 saturated carbocycles. The Labute approximate surface area is 139 Å². The lowest BCUT2D eigenvalue weighted by atomic mass is 9.95. The van der Waals surface area contributed by atoms with Crippen LogP contribution in [0.3, 0.4) is 0 Å². The van der Waals surface area contributed by atoms with E-state index in [0.717, 1.165) is 13.0 Å². The number of aromatic nitrogens is 2. The molecular formula is C17H19FN4O2. The number of carbonyl (C=O) groups is 1. The van der Waals surface area contributed by atoms with Crippen LogP contribution in [0.1, 0.15) is 25.3 Å². The summed E-state index contributed by atoms with van der Waals surface area (Å²) in [5.41, 5.74) is -0.287. The summed E-state index contributed by atoms with van der Waals surface area (Å²) in [7, 11) is 0. The maximum atomic E-state index is 13.8. The molecule has 1 aromatic carbocycles. The van der Waals surface area contributed by atoms with Crippen molar-refractivity contribution < 1.29 is 14.0 Å². The molecule has 1 unspecified atom stereocenters. The van der Waals surface area contributed by atoms with Crippen LogP contribution in [0.2, 0.25) is 0 Å². The molecule has 0 radical (unpaired) electrons. The van der Waals surface area contributed by atoms with Gasteiger partial charge in [-0.25, -0.2) is 9.37 Å². The van der Waals surface area contributed by atoms with Crippen LogP contribution in [0.15, 0.2) is 48.1 Å². The molecule has 6 nitrogen and oxygen atoms in total. The number of rotatable bonds is 6. The first-order valence-electron chi connectivity index (χ1n) is 7.82. The van der Waals surface area contributed by atoms with Gasteiger partial charge in [-0.05, 0) is 19.4 Å². The third kappa shape index (κ3) is 3.45. The second-order valence-corrected chi connectivity index (χ2v) is 5.93. The van der Waals surface area contributed by atoms with Crippen LogP contribution in [0.25, 0.3) is 0 Å². The van der Waals surface area contributed by atoms with E-state index in [2.05, 4.69) is 15.5 Å². The van der Waals surface area contributed by atoms with E-state index in [1.54, 1.807) is 37.6 Å². The number of nitrogens with one attached hydrogen (secondary N) is 1. The maximum absolute atomic E-state index is 13.8. The molecular weight excluding hydrogens is 311 g/mol. The summed E-state index contributed by atoms with van der Waals surface area (Å²) in [6, 6.07) is 6.34. The van der Waals surface area contributed by atoms with Crippen molar-refractivity contribution in [2.24, 2.45) is 5.16 Å². The summed E-state index contributed by atoms with van der Waals surface area (Å²) in [6.07, 6.45) is 6.34. The number of nitrogens with zero attached hydrogens (tertiary/aromatic N) is 3. The number of amides is 1. The lowest BCUT2D eigenvalue weighted by molar-refractivity contribution is -0.141. The molecule has 2 aromatic rings. The van der Waals surface area contributed by atoms with Crippen LogP contribution in [-0.2, 0) is 16.2 Å². The largest absolute Gasteiger partial charge is 0.379 e. The van der Waals surface area contributed by atoms with Crippen LogP contribution < -0.4 is 5.32 Å². The fraction of sp³-hybridized carbons (Fsp3) is 0.353. The molecule has 0 bridgehead atoms. The Morgan fingerprint density at radius 1 is 1.46 bits per heavy atom. The number of benzene rings is 1. The van der Waals surface area contributed by atoms with Gasteiger partial charge in [0.15, 0.2) is 0 Å². The Morgan fingerprint density at radius 3 is 3.04 bits per heavy atom. The fourth-order valence-electron chi connectivity index (χ4n) is 2.57. The number of imidazole rings is 1. The van der Waals surface area contributed by atoms with Gasteiger partial charge < -0.3 is 14.7 Å². The van der Waals surface area contributed by atoms with E-state index in [4.69, 9.17) is 4.84 Å². The van der Waals surface area contributed by atoms with Gasteiger partial charge in [0, 0.05) is 37.5 Å². The summed E-state index contributed by atoms with van der Waals surface area (Å²) >= 11 is 0. The zero-order valence-electron chi connectivity index (χ0n) is 13.4. The van der Waals surface area contributed by atoms with E-state index in [-0.39, 0.29) is 18.1 Å². The minimum Gasteiger partial charge on any atom is -0.379 e. The molecule has 1 aliphatic heterocycles. The molecule has 1 aromatic heterocycles. The van der Waals surface area contributed by atoms with Gasteiger partial charge in [-0.1, -0.05) is 23.4 Å². The smallest absolute Gasteiger partial charge is 0.267 e. The summed E-state index contributed by atoms with van der Waals surface area (Å²) in [4.78, 5) is 21.7. The average Bonchev–Trinajstić information content (AvgIpc) is 3.22. The zero-order chi connectivity index (χ0) is 17.0. The van der Waals surface area contributed by atoms with Crippen LogP contribution in [0.5, 0.6) is 0 Å². The molecule has 126 valence electrons. The van der Waals surface area contributed by atoms with E-state index in [1.807, 2.05) is 10.8 Å². The van der Waals surface area contributed by atoms with Crippen molar-refractivity contribution in [3.8, 4) is 0 Å². The number of halogens is 1. The van der Waals surface area contributed by atoms with Gasteiger partial charge in [-0.15, -0.1) is 0 Å². The van der Waals surface area contributed by atoms with Crippen molar-refractivity contribution in [2.45, 2.75) is 31.9 Å². The van der Waals surface area contributed by atoms with E-state index < -0.39 is 5.60 Å². The molecule has 2 heterocycles. The van der Waals surface area contributed by atoms with Crippen molar-refractivity contribution in [1.29, 1.82) is 0 Å². The van der Waals surface area contributed by atoms with E-state index >= 15 is 0 Å². The lowest BCUT2D eigenvalue weighted by Gasteiger charge is -2.20. The van der Waals surface area contributed by atoms with Gasteiger partial charge in [-0.3, -0.25) is 4.79 Å². The number of hydrogen-bond donors (Lipinski definition) is 1. The number of oxime groups is 1. The van der Waals surface area contributed by atoms with E-state index in [0.29, 0.717) is 17.8 Å². The predicted octanol–water partition coefficient (Wildman–Crippen LogP) is 2.11. The predicted molar refractivity (Wildman–Crippen MR) is 86.9 cm³/mol. The van der Waals surface area contributed by atoms with Gasteiger partial charge in [0.1, 0.15) is 5.82 Å². The quantitative estimate of drug-likeness (QED) is 0.825. The molecule has 1 N–H and O–H groups in total. The number of hydrogen-bond acceptors (Lipinski definition) is 4. The minimum atomic E-state index is -1.10. The van der Waals surface area contributed by atoms with Crippen LogP contribution in [-0.4, -0.2) is 33.3 Å². The van der Waals surface area contributed by atoms with Crippen molar-refractivity contribution in [3.63, 3.8) is 0 Å². The zero-order valence-corrected chi connectivity index (χ0v) is 13.4. The minimum absolute atomic E-state index is 0.237. The van der Waals surface area contributed by atoms with Crippen molar-refractivity contribution in [2.75, 3.05) is 6.54 Å². The molecule has 0 spiro atoms. The Kier molecular flexibility index (Phi) is 4.59. The molecule has 1 aliphatic rings. The second kappa shape index (κ2) is 6.82. The van der Waals surface area contributed by atoms with Gasteiger partial charge in [0.2, 0.25) is 5.60 Å². The van der Waals surface area contributed by atoms with Crippen molar-refractivity contribution in [1.82, 2.24) is 14.9 Å². The van der Waals surface area contributed by atoms with Gasteiger partial charge >= 0.3 is 0 Å². The van der Waals surface area contributed by atoms with Crippen LogP contribution >= 0.6 is 0 Å². The normalized spacial score (nSPS) is 19.7. The third-order valence-electron chi connectivity index (χ3n) is 3.97. The number of aryl methyl sites for hydroxylation is 1. The molecule has 0 saturated heterocycles. The first-order valence-corrected chi connectivity index (χ1v) is 7.82.